The summed E-state index contributed by atoms with van der Waals surface area (Å²) in [5, 5.41) is 9.98. The van der Waals surface area contributed by atoms with Gasteiger partial charge >= 0.3 is 23.5 Å². The molecule has 6 N–H and O–H groups in total. The Kier molecular flexibility index (Phi) is 7.77. The lowest BCUT2D eigenvalue weighted by Crippen LogP contribution is -2.31. The molecule has 0 saturated carbocycles. The minimum Gasteiger partial charge on any atom is -0.387 e. The number of halogens is 1. The molecule has 1 aliphatic heterocycles. The Morgan fingerprint density at radius 3 is 2.39 bits per heavy atom. The highest BCUT2D eigenvalue weighted by Gasteiger charge is 2.48. The van der Waals surface area contributed by atoms with Gasteiger partial charge in [-0.1, -0.05) is 5.92 Å². The van der Waals surface area contributed by atoms with Crippen molar-refractivity contribution >= 4 is 23.5 Å². The molecular weight excluding hydrogens is 492 g/mol. The lowest BCUT2D eigenvalue weighted by atomic mass is 10.1. The Morgan fingerprint density at radius 1 is 1.23 bits per heavy atom. The predicted octanol–water partition coefficient (Wildman–Crippen LogP) is -0.458. The van der Waals surface area contributed by atoms with Crippen molar-refractivity contribution in [2.45, 2.75) is 31.4 Å². The van der Waals surface area contributed by atoms with Crippen LogP contribution in [0.25, 0.3) is 0 Å². The lowest BCUT2D eigenvalue weighted by molar-refractivity contribution is -0.0233. The van der Waals surface area contributed by atoms with Crippen LogP contribution in [0.15, 0.2) is 4.79 Å². The summed E-state index contributed by atoms with van der Waals surface area (Å²) in [5.74, 6) is 2.07. The number of hydrogen-bond donors (Lipinski definition) is 6. The number of alkyl halides is 1. The van der Waals surface area contributed by atoms with Crippen LogP contribution in [0, 0.1) is 19.3 Å². The molecule has 3 unspecified atom stereocenters. The van der Waals surface area contributed by atoms with Crippen LogP contribution in [0.3, 0.4) is 0 Å². The largest absolute Gasteiger partial charge is 0.490 e. The molecule has 174 valence electrons. The van der Waals surface area contributed by atoms with E-state index in [1.807, 2.05) is 0 Å². The molecule has 1 aliphatic rings. The lowest BCUT2D eigenvalue weighted by Gasteiger charge is -2.19. The minimum atomic E-state index is -5.75. The van der Waals surface area contributed by atoms with E-state index in [2.05, 4.69) is 29.0 Å². The van der Waals surface area contributed by atoms with Gasteiger partial charge in [-0.15, -0.1) is 6.42 Å². The van der Waals surface area contributed by atoms with Crippen LogP contribution in [0.4, 0.5) is 4.39 Å². The van der Waals surface area contributed by atoms with Gasteiger partial charge in [0.2, 0.25) is 0 Å². The van der Waals surface area contributed by atoms with Gasteiger partial charge in [0.05, 0.1) is 6.61 Å². The molecule has 0 radical (unpaired) electrons. The highest BCUT2D eigenvalue weighted by atomic mass is 31.3. The highest BCUT2D eigenvalue weighted by Crippen LogP contribution is 2.66. The number of phosphoric ester groups is 1. The quantitative estimate of drug-likeness (QED) is 0.193. The summed E-state index contributed by atoms with van der Waals surface area (Å²) in [5.41, 5.74) is -1.21. The maximum Gasteiger partial charge on any atom is 0.490 e. The van der Waals surface area contributed by atoms with Gasteiger partial charge in [-0.25, -0.2) is 23.1 Å². The average Bonchev–Trinajstić information content (AvgIpc) is 2.87. The molecule has 2 rings (SSSR count). The number of ether oxygens (including phenoxy) is 1. The third-order valence-electron chi connectivity index (χ3n) is 3.66. The number of aliphatic hydroxyl groups is 1. The van der Waals surface area contributed by atoms with Gasteiger partial charge in [0.25, 0.3) is 5.56 Å². The second-order valence-corrected chi connectivity index (χ2v) is 10.4. The van der Waals surface area contributed by atoms with Crippen LogP contribution in [0.1, 0.15) is 23.2 Å². The summed E-state index contributed by atoms with van der Waals surface area (Å²) >= 11 is 0. The zero-order valence-corrected chi connectivity index (χ0v) is 17.9. The van der Waals surface area contributed by atoms with Crippen molar-refractivity contribution in [2.75, 3.05) is 6.61 Å². The van der Waals surface area contributed by atoms with Crippen molar-refractivity contribution in [1.29, 1.82) is 0 Å². The minimum absolute atomic E-state index is 0.0870. The summed E-state index contributed by atoms with van der Waals surface area (Å²) in [6, 6.07) is 0. The van der Waals surface area contributed by atoms with E-state index in [-0.39, 0.29) is 17.1 Å². The molecule has 1 aromatic rings. The van der Waals surface area contributed by atoms with Gasteiger partial charge in [0.15, 0.2) is 6.17 Å². The normalized spacial score (nSPS) is 27.9. The number of hydrogen-bond acceptors (Lipinski definition) is 10. The van der Waals surface area contributed by atoms with Crippen LogP contribution in [0.5, 0.6) is 0 Å². The second kappa shape index (κ2) is 9.29. The van der Waals surface area contributed by atoms with Crippen LogP contribution >= 0.6 is 23.5 Å². The molecule has 31 heavy (non-hydrogen) atoms. The topological polar surface area (TPSA) is 235 Å². The standard InChI is InChI=1S/C12H16FN2O13P3/c1-3-6-9(14-5(2)12(17)15-6)11-8(13)10(16)7(26-11)4-25-30(21,22)28-31(23,24)27-29(18,19)20/h1,7-8,10-11,16H,4H2,2H3,(H,15,17)(H,21,22)(H,23,24)(H2,18,19,20)/t7-,8+,10?,11-/m1/s1. The number of nitrogens with zero attached hydrogens (tertiary/aromatic N) is 1. The first-order valence-corrected chi connectivity index (χ1v) is 12.4. The number of nitrogens with one attached hydrogen (secondary N) is 1. The van der Waals surface area contributed by atoms with E-state index in [4.69, 9.17) is 25.8 Å². The first kappa shape index (κ1) is 26.0. The summed E-state index contributed by atoms with van der Waals surface area (Å²) in [7, 11) is -16.8. The van der Waals surface area contributed by atoms with E-state index in [1.54, 1.807) is 0 Å². The SMILES string of the molecule is C#Cc1[nH]c(=O)c(C)nc1[C@@H]1O[C@H](COP(=O)(O)OP(=O)(O)OP(=O)(O)O)C(O)[C@@H]1F. The molecule has 6 atom stereocenters. The number of aryl methyl sites for hydroxylation is 1. The summed E-state index contributed by atoms with van der Waals surface area (Å²) in [4.78, 5) is 53.1. The van der Waals surface area contributed by atoms with Gasteiger partial charge in [-0.05, 0) is 6.92 Å². The molecule has 2 heterocycles. The Morgan fingerprint density at radius 2 is 1.84 bits per heavy atom. The first-order valence-electron chi connectivity index (χ1n) is 7.88. The Hall–Kier alpha value is -1.30. The zero-order chi connectivity index (χ0) is 23.8. The maximum absolute atomic E-state index is 14.6. The first-order chi connectivity index (χ1) is 14.1. The third-order valence-corrected chi connectivity index (χ3v) is 7.46. The molecule has 1 aromatic heterocycles. The second-order valence-electron chi connectivity index (χ2n) is 5.97. The van der Waals surface area contributed by atoms with Gasteiger partial charge in [-0.2, -0.15) is 8.62 Å². The summed E-state index contributed by atoms with van der Waals surface area (Å²) < 4.78 is 64.7. The number of rotatable bonds is 8. The van der Waals surface area contributed by atoms with Crippen molar-refractivity contribution in [3.63, 3.8) is 0 Å². The van der Waals surface area contributed by atoms with Crippen molar-refractivity contribution in [3.05, 3.63) is 27.4 Å². The molecule has 15 nitrogen and oxygen atoms in total. The molecule has 0 spiro atoms. The maximum atomic E-state index is 14.6. The molecular formula is C12H16FN2O13P3. The van der Waals surface area contributed by atoms with E-state index in [0.29, 0.717) is 0 Å². The number of aromatic nitrogens is 2. The number of aliphatic hydroxyl groups excluding tert-OH is 1. The molecule has 0 aromatic carbocycles. The number of aromatic amines is 1. The van der Waals surface area contributed by atoms with Gasteiger partial charge in [0.1, 0.15) is 35.4 Å². The van der Waals surface area contributed by atoms with E-state index in [1.165, 1.54) is 6.92 Å². The van der Waals surface area contributed by atoms with Crippen molar-refractivity contribution in [2.24, 2.45) is 0 Å². The molecule has 19 heteroatoms. The van der Waals surface area contributed by atoms with E-state index < -0.39 is 60.1 Å². The van der Waals surface area contributed by atoms with Crippen LogP contribution in [-0.2, 0) is 31.6 Å². The zero-order valence-electron chi connectivity index (χ0n) is 15.3. The van der Waals surface area contributed by atoms with Gasteiger partial charge < -0.3 is 34.4 Å². The van der Waals surface area contributed by atoms with Gasteiger partial charge in [0, 0.05) is 0 Å². The molecule has 0 bridgehead atoms. The fourth-order valence-electron chi connectivity index (χ4n) is 2.42. The van der Waals surface area contributed by atoms with E-state index in [9.17, 15) is 32.9 Å². The smallest absolute Gasteiger partial charge is 0.387 e. The van der Waals surface area contributed by atoms with E-state index in [0.717, 1.165) is 0 Å². The van der Waals surface area contributed by atoms with Crippen LogP contribution in [-0.4, -0.2) is 59.6 Å². The Balaban J connectivity index is 2.13. The average molecular weight is 508 g/mol. The van der Waals surface area contributed by atoms with E-state index >= 15 is 0 Å². The molecule has 1 fully saturated rings. The molecule has 1 saturated heterocycles. The number of H-pyrrole nitrogens is 1. The Bertz CT molecular complexity index is 1080. The fraction of sp³-hybridized carbons (Fsp3) is 0.500. The van der Waals surface area contributed by atoms with Crippen LogP contribution < -0.4 is 5.56 Å². The van der Waals surface area contributed by atoms with Crippen LogP contribution in [0.2, 0.25) is 0 Å². The summed E-state index contributed by atoms with van der Waals surface area (Å²) in [6.07, 6.45) is -2.17. The van der Waals surface area contributed by atoms with Gasteiger partial charge in [-0.3, -0.25) is 9.32 Å². The van der Waals surface area contributed by atoms with Crippen molar-refractivity contribution in [1.82, 2.24) is 9.97 Å². The molecule has 0 amide bonds. The van der Waals surface area contributed by atoms with Crippen molar-refractivity contribution < 1.29 is 60.6 Å². The Labute approximate surface area is 172 Å². The molecule has 0 aliphatic carbocycles. The predicted molar refractivity (Wildman–Crippen MR) is 95.9 cm³/mol. The van der Waals surface area contributed by atoms with Crippen molar-refractivity contribution in [3.8, 4) is 12.3 Å². The summed E-state index contributed by atoms with van der Waals surface area (Å²) in [6.45, 7) is 0.212. The monoisotopic (exact) mass is 508 g/mol. The number of terminal acetylenes is 1. The number of phosphoric acid groups is 3. The highest BCUT2D eigenvalue weighted by molar-refractivity contribution is 7.66. The fourth-order valence-corrected chi connectivity index (χ4v) is 5.45. The third kappa shape index (κ3) is 6.84.